The summed E-state index contributed by atoms with van der Waals surface area (Å²) in [5, 5.41) is 8.58. The van der Waals surface area contributed by atoms with E-state index >= 15 is 0 Å². The van der Waals surface area contributed by atoms with E-state index in [0.29, 0.717) is 5.75 Å². The van der Waals surface area contributed by atoms with Crippen LogP contribution in [0.5, 0.6) is 5.75 Å². The lowest BCUT2D eigenvalue weighted by Gasteiger charge is -2.09. The van der Waals surface area contributed by atoms with Crippen LogP contribution in [0.15, 0.2) is 30.3 Å². The molecule has 3 N–H and O–H groups in total. The van der Waals surface area contributed by atoms with Crippen molar-refractivity contribution >= 4 is 5.97 Å². The van der Waals surface area contributed by atoms with E-state index in [4.69, 9.17) is 20.3 Å². The number of hydrogen-bond acceptors (Lipinski definition) is 5. The number of aliphatic hydroxyl groups is 1. The summed E-state index contributed by atoms with van der Waals surface area (Å²) in [5.41, 5.74) is 5.24. The Morgan fingerprint density at radius 3 is 2.62 bits per heavy atom. The van der Waals surface area contributed by atoms with Crippen LogP contribution >= 0.6 is 0 Å². The molecule has 1 atom stereocenters. The minimum Gasteiger partial charge on any atom is -0.490 e. The minimum absolute atomic E-state index is 0.113. The first-order valence-corrected chi connectivity index (χ1v) is 4.95. The van der Waals surface area contributed by atoms with Crippen molar-refractivity contribution in [3.05, 3.63) is 30.3 Å². The first kappa shape index (κ1) is 12.5. The van der Waals surface area contributed by atoms with E-state index in [2.05, 4.69) is 0 Å². The molecule has 88 valence electrons. The Bertz CT molecular complexity index is 315. The van der Waals surface area contributed by atoms with Crippen molar-refractivity contribution in [3.63, 3.8) is 0 Å². The van der Waals surface area contributed by atoms with Gasteiger partial charge in [-0.1, -0.05) is 18.2 Å². The van der Waals surface area contributed by atoms with Crippen LogP contribution in [0.2, 0.25) is 0 Å². The van der Waals surface area contributed by atoms with Crippen LogP contribution < -0.4 is 10.5 Å². The Morgan fingerprint density at radius 2 is 2.00 bits per heavy atom. The molecule has 0 aromatic heterocycles. The Hall–Kier alpha value is -1.59. The standard InChI is InChI=1S/C11H15NO4/c12-10(8-13)11(14)16-7-6-15-9-4-2-1-3-5-9/h1-5,10,13H,6-8,12H2/t10-/m1/s1. The molecule has 0 radical (unpaired) electrons. The van der Waals surface area contributed by atoms with Gasteiger partial charge in [0.25, 0.3) is 0 Å². The van der Waals surface area contributed by atoms with Gasteiger partial charge in [0.1, 0.15) is 25.0 Å². The smallest absolute Gasteiger partial charge is 0.325 e. The van der Waals surface area contributed by atoms with Gasteiger partial charge in [0, 0.05) is 0 Å². The molecule has 0 aliphatic rings. The second-order valence-electron chi connectivity index (χ2n) is 3.12. The third kappa shape index (κ3) is 4.29. The van der Waals surface area contributed by atoms with Crippen molar-refractivity contribution < 1.29 is 19.4 Å². The molecule has 0 saturated carbocycles. The van der Waals surface area contributed by atoms with Crippen LogP contribution in [-0.4, -0.2) is 36.9 Å². The largest absolute Gasteiger partial charge is 0.490 e. The van der Waals surface area contributed by atoms with Crippen LogP contribution in [0, 0.1) is 0 Å². The number of benzene rings is 1. The Kier molecular flexibility index (Phi) is 5.31. The van der Waals surface area contributed by atoms with E-state index in [-0.39, 0.29) is 13.2 Å². The van der Waals surface area contributed by atoms with Crippen molar-refractivity contribution in [1.82, 2.24) is 0 Å². The maximum Gasteiger partial charge on any atom is 0.325 e. The minimum atomic E-state index is -0.975. The van der Waals surface area contributed by atoms with Crippen LogP contribution in [0.4, 0.5) is 0 Å². The summed E-state index contributed by atoms with van der Waals surface area (Å²) in [7, 11) is 0. The third-order valence-corrected chi connectivity index (χ3v) is 1.84. The van der Waals surface area contributed by atoms with E-state index in [1.807, 2.05) is 18.2 Å². The van der Waals surface area contributed by atoms with E-state index < -0.39 is 18.6 Å². The van der Waals surface area contributed by atoms with Gasteiger partial charge in [-0.25, -0.2) is 0 Å². The van der Waals surface area contributed by atoms with Crippen molar-refractivity contribution in [1.29, 1.82) is 0 Å². The molecule has 5 heteroatoms. The van der Waals surface area contributed by atoms with Crippen LogP contribution in [-0.2, 0) is 9.53 Å². The van der Waals surface area contributed by atoms with Crippen molar-refractivity contribution in [2.24, 2.45) is 5.73 Å². The van der Waals surface area contributed by atoms with E-state index in [9.17, 15) is 4.79 Å². The molecule has 1 rings (SSSR count). The van der Waals surface area contributed by atoms with Gasteiger partial charge < -0.3 is 20.3 Å². The molecular weight excluding hydrogens is 210 g/mol. The predicted octanol–water partition coefficient (Wildman–Crippen LogP) is -0.0718. The second kappa shape index (κ2) is 6.81. The SMILES string of the molecule is N[C@H](CO)C(=O)OCCOc1ccccc1. The highest BCUT2D eigenvalue weighted by Crippen LogP contribution is 2.07. The Balaban J connectivity index is 2.15. The molecule has 0 amide bonds. The third-order valence-electron chi connectivity index (χ3n) is 1.84. The van der Waals surface area contributed by atoms with Crippen molar-refractivity contribution in [3.8, 4) is 5.75 Å². The van der Waals surface area contributed by atoms with Gasteiger partial charge >= 0.3 is 5.97 Å². The van der Waals surface area contributed by atoms with Gasteiger partial charge in [-0.15, -0.1) is 0 Å². The molecule has 0 aliphatic heterocycles. The maximum atomic E-state index is 11.0. The first-order valence-electron chi connectivity index (χ1n) is 4.95. The summed E-state index contributed by atoms with van der Waals surface area (Å²) < 4.78 is 10.1. The number of hydrogen-bond donors (Lipinski definition) is 2. The number of para-hydroxylation sites is 1. The van der Waals surface area contributed by atoms with Gasteiger partial charge in [0.15, 0.2) is 0 Å². The maximum absolute atomic E-state index is 11.0. The van der Waals surface area contributed by atoms with E-state index in [1.165, 1.54) is 0 Å². The molecule has 0 heterocycles. The highest BCUT2D eigenvalue weighted by atomic mass is 16.6. The molecule has 0 aliphatic carbocycles. The fourth-order valence-corrected chi connectivity index (χ4v) is 1.00. The molecule has 1 aromatic carbocycles. The number of aliphatic hydroxyl groups excluding tert-OH is 1. The van der Waals surface area contributed by atoms with E-state index in [0.717, 1.165) is 0 Å². The molecule has 5 nitrogen and oxygen atoms in total. The van der Waals surface area contributed by atoms with Gasteiger partial charge in [-0.05, 0) is 12.1 Å². The van der Waals surface area contributed by atoms with Gasteiger partial charge in [0.2, 0.25) is 0 Å². The number of carbonyl (C=O) groups is 1. The molecule has 0 fully saturated rings. The zero-order valence-corrected chi connectivity index (χ0v) is 8.83. The summed E-state index contributed by atoms with van der Waals surface area (Å²) in [6.45, 7) is -0.0479. The average Bonchev–Trinajstić information content (AvgIpc) is 2.34. The molecule has 0 spiro atoms. The topological polar surface area (TPSA) is 81.8 Å². The van der Waals surface area contributed by atoms with Crippen molar-refractivity contribution in [2.75, 3.05) is 19.8 Å². The predicted molar refractivity (Wildman–Crippen MR) is 58.0 cm³/mol. The summed E-state index contributed by atoms with van der Waals surface area (Å²) in [4.78, 5) is 11.0. The number of rotatable bonds is 6. The summed E-state index contributed by atoms with van der Waals surface area (Å²) in [6, 6.07) is 8.22. The lowest BCUT2D eigenvalue weighted by atomic mass is 10.3. The number of carbonyl (C=O) groups excluding carboxylic acids is 1. The molecule has 1 aromatic rings. The van der Waals surface area contributed by atoms with Gasteiger partial charge in [-0.3, -0.25) is 4.79 Å². The monoisotopic (exact) mass is 225 g/mol. The zero-order valence-electron chi connectivity index (χ0n) is 8.83. The Morgan fingerprint density at radius 1 is 1.31 bits per heavy atom. The fourth-order valence-electron chi connectivity index (χ4n) is 1.00. The van der Waals surface area contributed by atoms with Gasteiger partial charge in [0.05, 0.1) is 6.61 Å². The van der Waals surface area contributed by atoms with Crippen LogP contribution in [0.25, 0.3) is 0 Å². The van der Waals surface area contributed by atoms with Crippen LogP contribution in [0.3, 0.4) is 0 Å². The molecule has 16 heavy (non-hydrogen) atoms. The summed E-state index contributed by atoms with van der Waals surface area (Å²) >= 11 is 0. The molecule has 0 bridgehead atoms. The summed E-state index contributed by atoms with van der Waals surface area (Å²) in [6.07, 6.45) is 0. The Labute approximate surface area is 93.8 Å². The molecule has 0 unspecified atom stereocenters. The van der Waals surface area contributed by atoms with Crippen molar-refractivity contribution in [2.45, 2.75) is 6.04 Å². The molecular formula is C11H15NO4. The fraction of sp³-hybridized carbons (Fsp3) is 0.364. The van der Waals surface area contributed by atoms with E-state index in [1.54, 1.807) is 12.1 Å². The molecule has 0 saturated heterocycles. The number of ether oxygens (including phenoxy) is 2. The number of esters is 1. The lowest BCUT2D eigenvalue weighted by molar-refractivity contribution is -0.146. The second-order valence-corrected chi connectivity index (χ2v) is 3.12. The quantitative estimate of drug-likeness (QED) is 0.523. The van der Waals surface area contributed by atoms with Crippen LogP contribution in [0.1, 0.15) is 0 Å². The average molecular weight is 225 g/mol. The lowest BCUT2D eigenvalue weighted by Crippen LogP contribution is -2.36. The first-order chi connectivity index (χ1) is 7.74. The number of nitrogens with two attached hydrogens (primary N) is 1. The summed E-state index contributed by atoms with van der Waals surface area (Å²) in [5.74, 6) is 0.0872. The zero-order chi connectivity index (χ0) is 11.8. The highest BCUT2D eigenvalue weighted by molar-refractivity contribution is 5.75. The highest BCUT2D eigenvalue weighted by Gasteiger charge is 2.12. The normalized spacial score (nSPS) is 11.9. The van der Waals surface area contributed by atoms with Gasteiger partial charge in [-0.2, -0.15) is 0 Å².